The molecule has 3 aromatic rings. The van der Waals surface area contributed by atoms with E-state index in [9.17, 15) is 4.79 Å². The van der Waals surface area contributed by atoms with Crippen LogP contribution >= 0.6 is 0 Å². The number of nitrogens with zero attached hydrogens (tertiary/aromatic N) is 1. The number of rotatable bonds is 7. The number of carbonyl (C=O) groups excluding carboxylic acids is 1. The minimum absolute atomic E-state index is 0.0230. The van der Waals surface area contributed by atoms with Crippen molar-refractivity contribution in [2.75, 3.05) is 12.4 Å². The topological polar surface area (TPSA) is 98.0 Å². The molecule has 0 bridgehead atoms. The van der Waals surface area contributed by atoms with Crippen LogP contribution in [-0.2, 0) is 13.2 Å². The lowest BCUT2D eigenvalue weighted by molar-refractivity contribution is 0.256. The first-order chi connectivity index (χ1) is 15.5. The Labute approximate surface area is 188 Å². The van der Waals surface area contributed by atoms with Gasteiger partial charge in [-0.15, -0.1) is 0 Å². The zero-order valence-corrected chi connectivity index (χ0v) is 18.5. The molecule has 0 atom stereocenters. The molecule has 0 saturated heterocycles. The van der Waals surface area contributed by atoms with Crippen LogP contribution in [0.2, 0.25) is 0 Å². The van der Waals surface area contributed by atoms with Gasteiger partial charge in [0.1, 0.15) is 24.7 Å². The highest BCUT2D eigenvalue weighted by molar-refractivity contribution is 6.02. The van der Waals surface area contributed by atoms with E-state index in [0.29, 0.717) is 30.4 Å². The molecule has 0 saturated carbocycles. The van der Waals surface area contributed by atoms with Crippen LogP contribution in [0.5, 0.6) is 11.5 Å². The molecule has 0 unspecified atom stereocenters. The highest BCUT2D eigenvalue weighted by Gasteiger charge is 2.17. The molecule has 4 N–H and O–H groups in total. The van der Waals surface area contributed by atoms with Crippen molar-refractivity contribution in [1.29, 1.82) is 0 Å². The van der Waals surface area contributed by atoms with Gasteiger partial charge in [0.15, 0.2) is 5.96 Å². The molecular formula is C25H28N4O3. The van der Waals surface area contributed by atoms with E-state index >= 15 is 0 Å². The number of carbonyl (C=O) groups is 1. The lowest BCUT2D eigenvalue weighted by Gasteiger charge is -2.20. The number of aliphatic imine (C=N–C) groups is 1. The van der Waals surface area contributed by atoms with E-state index in [2.05, 4.69) is 15.6 Å². The van der Waals surface area contributed by atoms with E-state index in [-0.39, 0.29) is 5.96 Å². The van der Waals surface area contributed by atoms with Crippen molar-refractivity contribution in [3.63, 3.8) is 0 Å². The summed E-state index contributed by atoms with van der Waals surface area (Å²) in [5.41, 5.74) is 9.86. The molecule has 0 aliphatic heterocycles. The highest BCUT2D eigenvalue weighted by atomic mass is 16.5. The van der Waals surface area contributed by atoms with Gasteiger partial charge in [-0.05, 0) is 25.0 Å². The standard InChI is InChI=1S/C25H28N4O3/c1-17-21(31-15-19-10-6-4-7-11-19)14-22(32-16-20-12-8-5-9-13-20)18(2)23(17)28-25(30)29-24(26)27-3/h4-14H,15-16H2,1-3H3,(H4,26,27,28,29,30). The maximum absolute atomic E-state index is 12.4. The van der Waals surface area contributed by atoms with Gasteiger partial charge in [0.25, 0.3) is 0 Å². The Hall–Kier alpha value is -4.00. The van der Waals surface area contributed by atoms with Gasteiger partial charge in [0.05, 0.1) is 5.69 Å². The smallest absolute Gasteiger partial charge is 0.326 e. The molecule has 0 radical (unpaired) electrons. The number of urea groups is 1. The molecule has 2 amide bonds. The Bertz CT molecular complexity index is 1020. The zero-order chi connectivity index (χ0) is 22.9. The normalized spacial score (nSPS) is 11.0. The average molecular weight is 433 g/mol. The highest BCUT2D eigenvalue weighted by Crippen LogP contribution is 2.37. The van der Waals surface area contributed by atoms with Gasteiger partial charge in [0, 0.05) is 24.2 Å². The second kappa shape index (κ2) is 10.9. The van der Waals surface area contributed by atoms with Gasteiger partial charge in [-0.1, -0.05) is 60.7 Å². The van der Waals surface area contributed by atoms with Crippen LogP contribution in [0.3, 0.4) is 0 Å². The van der Waals surface area contributed by atoms with Crippen LogP contribution in [0.4, 0.5) is 10.5 Å². The molecule has 166 valence electrons. The molecule has 32 heavy (non-hydrogen) atoms. The van der Waals surface area contributed by atoms with Crippen LogP contribution in [0.1, 0.15) is 22.3 Å². The summed E-state index contributed by atoms with van der Waals surface area (Å²) in [4.78, 5) is 16.2. The van der Waals surface area contributed by atoms with Gasteiger partial charge in [-0.3, -0.25) is 10.3 Å². The summed E-state index contributed by atoms with van der Waals surface area (Å²) < 4.78 is 12.2. The minimum atomic E-state index is -0.492. The molecule has 3 aromatic carbocycles. The number of amides is 2. The number of anilines is 1. The fourth-order valence-corrected chi connectivity index (χ4v) is 3.14. The number of hydrogen-bond acceptors (Lipinski definition) is 4. The van der Waals surface area contributed by atoms with E-state index in [1.54, 1.807) is 0 Å². The summed E-state index contributed by atoms with van der Waals surface area (Å²) in [6.45, 7) is 4.57. The maximum atomic E-state index is 12.4. The SMILES string of the molecule is CN=C(N)NC(=O)Nc1c(C)c(OCc2ccccc2)cc(OCc2ccccc2)c1C. The number of nitrogens with one attached hydrogen (secondary N) is 2. The van der Waals surface area contributed by atoms with Crippen molar-refractivity contribution in [2.24, 2.45) is 10.7 Å². The van der Waals surface area contributed by atoms with Gasteiger partial charge in [-0.25, -0.2) is 4.79 Å². The summed E-state index contributed by atoms with van der Waals surface area (Å²) in [5.74, 6) is 1.26. The predicted molar refractivity (Wildman–Crippen MR) is 127 cm³/mol. The third kappa shape index (κ3) is 6.01. The maximum Gasteiger partial charge on any atom is 0.326 e. The fraction of sp³-hybridized carbons (Fsp3) is 0.200. The van der Waals surface area contributed by atoms with Crippen molar-refractivity contribution in [1.82, 2.24) is 5.32 Å². The Morgan fingerprint density at radius 1 is 0.875 bits per heavy atom. The number of benzene rings is 3. The van der Waals surface area contributed by atoms with Crippen LogP contribution in [0.25, 0.3) is 0 Å². The van der Waals surface area contributed by atoms with Crippen molar-refractivity contribution >= 4 is 17.7 Å². The fourth-order valence-electron chi connectivity index (χ4n) is 3.14. The summed E-state index contributed by atoms with van der Waals surface area (Å²) in [5, 5.41) is 5.33. The second-order valence-electron chi connectivity index (χ2n) is 7.23. The van der Waals surface area contributed by atoms with E-state index < -0.39 is 6.03 Å². The number of guanidine groups is 1. The Morgan fingerprint density at radius 2 is 1.34 bits per heavy atom. The van der Waals surface area contributed by atoms with Gasteiger partial charge >= 0.3 is 6.03 Å². The molecule has 7 heteroatoms. The van der Waals surface area contributed by atoms with E-state index in [1.807, 2.05) is 80.6 Å². The summed E-state index contributed by atoms with van der Waals surface area (Å²) in [7, 11) is 1.50. The molecule has 3 rings (SSSR count). The number of hydrogen-bond donors (Lipinski definition) is 3. The Kier molecular flexibility index (Phi) is 7.70. The summed E-state index contributed by atoms with van der Waals surface area (Å²) >= 11 is 0. The van der Waals surface area contributed by atoms with Crippen LogP contribution in [-0.4, -0.2) is 19.0 Å². The second-order valence-corrected chi connectivity index (χ2v) is 7.23. The predicted octanol–water partition coefficient (Wildman–Crippen LogP) is 4.53. The van der Waals surface area contributed by atoms with E-state index in [4.69, 9.17) is 15.2 Å². The van der Waals surface area contributed by atoms with Crippen LogP contribution in [0, 0.1) is 13.8 Å². The molecule has 0 aliphatic carbocycles. The van der Waals surface area contributed by atoms with E-state index in [1.165, 1.54) is 7.05 Å². The lowest BCUT2D eigenvalue weighted by Crippen LogP contribution is -2.39. The molecule has 0 aliphatic rings. The first-order valence-electron chi connectivity index (χ1n) is 10.3. The quantitative estimate of drug-likeness (QED) is 0.377. The number of nitrogens with two attached hydrogens (primary N) is 1. The monoisotopic (exact) mass is 432 g/mol. The number of ether oxygens (including phenoxy) is 2. The van der Waals surface area contributed by atoms with Crippen molar-refractivity contribution in [3.8, 4) is 11.5 Å². The summed E-state index contributed by atoms with van der Waals surface area (Å²) in [6, 6.07) is 21.1. The molecule has 7 nitrogen and oxygen atoms in total. The molecule has 0 spiro atoms. The third-order valence-corrected chi connectivity index (χ3v) is 4.95. The van der Waals surface area contributed by atoms with Gasteiger partial charge in [-0.2, -0.15) is 0 Å². The first-order valence-corrected chi connectivity index (χ1v) is 10.3. The van der Waals surface area contributed by atoms with Crippen molar-refractivity contribution < 1.29 is 14.3 Å². The Morgan fingerprint density at radius 3 is 1.78 bits per heavy atom. The largest absolute Gasteiger partial charge is 0.488 e. The van der Waals surface area contributed by atoms with Gasteiger partial charge in [0.2, 0.25) is 0 Å². The van der Waals surface area contributed by atoms with Gasteiger partial charge < -0.3 is 20.5 Å². The minimum Gasteiger partial charge on any atom is -0.488 e. The average Bonchev–Trinajstić information content (AvgIpc) is 2.81. The lowest BCUT2D eigenvalue weighted by atomic mass is 10.1. The summed E-state index contributed by atoms with van der Waals surface area (Å²) in [6.07, 6.45) is 0. The molecular weight excluding hydrogens is 404 g/mol. The molecule has 0 fully saturated rings. The van der Waals surface area contributed by atoms with E-state index in [0.717, 1.165) is 22.3 Å². The van der Waals surface area contributed by atoms with Crippen molar-refractivity contribution in [3.05, 3.63) is 89.0 Å². The molecule has 0 heterocycles. The zero-order valence-electron chi connectivity index (χ0n) is 18.5. The molecule has 0 aromatic heterocycles. The third-order valence-electron chi connectivity index (χ3n) is 4.95. The first kappa shape index (κ1) is 22.7. The van der Waals surface area contributed by atoms with Crippen molar-refractivity contribution in [2.45, 2.75) is 27.1 Å². The Balaban J connectivity index is 1.88. The van der Waals surface area contributed by atoms with Crippen LogP contribution < -0.4 is 25.8 Å². The van der Waals surface area contributed by atoms with Crippen LogP contribution in [0.15, 0.2) is 71.7 Å².